The molecule has 0 spiro atoms. The van der Waals surface area contributed by atoms with Crippen LogP contribution in [0.5, 0.6) is 0 Å². The maximum atomic E-state index is 5.56. The van der Waals surface area contributed by atoms with Gasteiger partial charge in [-0.25, -0.2) is 9.97 Å². The zero-order valence-corrected chi connectivity index (χ0v) is 11.5. The van der Waals surface area contributed by atoms with E-state index < -0.39 is 5.60 Å². The van der Waals surface area contributed by atoms with Crippen LogP contribution in [-0.2, 0) is 10.3 Å². The second kappa shape index (κ2) is 4.68. The van der Waals surface area contributed by atoms with Gasteiger partial charge in [0.2, 0.25) is 0 Å². The highest BCUT2D eigenvalue weighted by Gasteiger charge is 2.24. The Hall–Kier alpha value is -0.0000000000000000555. The standard InChI is InChI=1S/C9H12Br2N2O/c1-4-14-9(2,3)8-12-6(10)5-7(11)13-8/h5H,4H2,1-3H3. The molecule has 0 unspecified atom stereocenters. The molecule has 0 aliphatic rings. The fourth-order valence-corrected chi connectivity index (χ4v) is 2.16. The van der Waals surface area contributed by atoms with E-state index in [1.807, 2.05) is 20.8 Å². The zero-order valence-electron chi connectivity index (χ0n) is 8.34. The van der Waals surface area contributed by atoms with E-state index in [1.54, 1.807) is 6.07 Å². The average Bonchev–Trinajstić information content (AvgIpc) is 2.02. The molecular weight excluding hydrogens is 312 g/mol. The van der Waals surface area contributed by atoms with E-state index >= 15 is 0 Å². The molecule has 0 aromatic carbocycles. The predicted molar refractivity (Wildman–Crippen MR) is 62.1 cm³/mol. The van der Waals surface area contributed by atoms with Crippen molar-refractivity contribution in [2.75, 3.05) is 6.61 Å². The van der Waals surface area contributed by atoms with Gasteiger partial charge >= 0.3 is 0 Å². The molecule has 1 rings (SSSR count). The van der Waals surface area contributed by atoms with E-state index in [2.05, 4.69) is 41.8 Å². The Kier molecular flexibility index (Phi) is 4.04. The molecule has 14 heavy (non-hydrogen) atoms. The van der Waals surface area contributed by atoms with Crippen molar-refractivity contribution in [3.63, 3.8) is 0 Å². The van der Waals surface area contributed by atoms with Crippen LogP contribution in [0.1, 0.15) is 26.6 Å². The number of hydrogen-bond acceptors (Lipinski definition) is 3. The molecule has 5 heteroatoms. The van der Waals surface area contributed by atoms with Crippen molar-refractivity contribution >= 4 is 31.9 Å². The summed E-state index contributed by atoms with van der Waals surface area (Å²) in [6.45, 7) is 6.49. The third-order valence-electron chi connectivity index (χ3n) is 1.71. The lowest BCUT2D eigenvalue weighted by molar-refractivity contribution is -0.0210. The van der Waals surface area contributed by atoms with Crippen LogP contribution >= 0.6 is 31.9 Å². The summed E-state index contributed by atoms with van der Waals surface area (Å²) in [5.74, 6) is 0.667. The fourth-order valence-electron chi connectivity index (χ4n) is 1.08. The normalized spacial score (nSPS) is 11.8. The summed E-state index contributed by atoms with van der Waals surface area (Å²) < 4.78 is 7.06. The van der Waals surface area contributed by atoms with Gasteiger partial charge in [0, 0.05) is 12.7 Å². The van der Waals surface area contributed by atoms with Crippen LogP contribution in [0.4, 0.5) is 0 Å². The van der Waals surface area contributed by atoms with E-state index in [-0.39, 0.29) is 0 Å². The van der Waals surface area contributed by atoms with Crippen LogP contribution < -0.4 is 0 Å². The minimum absolute atomic E-state index is 0.457. The Labute approximate surface area is 101 Å². The number of aromatic nitrogens is 2. The maximum Gasteiger partial charge on any atom is 0.162 e. The Bertz CT molecular complexity index is 308. The van der Waals surface area contributed by atoms with Crippen molar-refractivity contribution in [3.05, 3.63) is 21.1 Å². The molecule has 1 aromatic rings. The molecule has 0 bridgehead atoms. The van der Waals surface area contributed by atoms with Gasteiger partial charge in [-0.05, 0) is 52.6 Å². The highest BCUT2D eigenvalue weighted by atomic mass is 79.9. The van der Waals surface area contributed by atoms with Crippen LogP contribution in [0, 0.1) is 0 Å². The lowest BCUT2D eigenvalue weighted by Gasteiger charge is -2.22. The Balaban J connectivity index is 3.05. The summed E-state index contributed by atoms with van der Waals surface area (Å²) in [6, 6.07) is 1.80. The van der Waals surface area contributed by atoms with Crippen LogP contribution in [-0.4, -0.2) is 16.6 Å². The Morgan fingerprint density at radius 1 is 1.29 bits per heavy atom. The van der Waals surface area contributed by atoms with Crippen LogP contribution in [0.15, 0.2) is 15.3 Å². The molecule has 3 nitrogen and oxygen atoms in total. The number of ether oxygens (including phenoxy) is 1. The molecule has 0 atom stereocenters. The van der Waals surface area contributed by atoms with Crippen molar-refractivity contribution < 1.29 is 4.74 Å². The first kappa shape index (κ1) is 12.1. The SMILES string of the molecule is CCOC(C)(C)c1nc(Br)cc(Br)n1. The Morgan fingerprint density at radius 3 is 2.21 bits per heavy atom. The predicted octanol–water partition coefficient (Wildman–Crippen LogP) is 3.27. The summed E-state index contributed by atoms with van der Waals surface area (Å²) in [7, 11) is 0. The van der Waals surface area contributed by atoms with Crippen molar-refractivity contribution in [1.82, 2.24) is 9.97 Å². The second-order valence-corrected chi connectivity index (χ2v) is 4.91. The molecule has 0 fully saturated rings. The minimum Gasteiger partial charge on any atom is -0.368 e. The van der Waals surface area contributed by atoms with Gasteiger partial charge < -0.3 is 4.74 Å². The van der Waals surface area contributed by atoms with Gasteiger partial charge in [-0.1, -0.05) is 0 Å². The largest absolute Gasteiger partial charge is 0.368 e. The Morgan fingerprint density at radius 2 is 1.79 bits per heavy atom. The van der Waals surface area contributed by atoms with Gasteiger partial charge in [-0.2, -0.15) is 0 Å². The van der Waals surface area contributed by atoms with E-state index in [4.69, 9.17) is 4.74 Å². The fraction of sp³-hybridized carbons (Fsp3) is 0.556. The molecule has 0 N–H and O–H groups in total. The number of nitrogens with zero attached hydrogens (tertiary/aromatic N) is 2. The molecule has 0 amide bonds. The van der Waals surface area contributed by atoms with Crippen LogP contribution in [0.25, 0.3) is 0 Å². The van der Waals surface area contributed by atoms with E-state index in [0.29, 0.717) is 12.4 Å². The first-order valence-corrected chi connectivity index (χ1v) is 5.89. The van der Waals surface area contributed by atoms with E-state index in [9.17, 15) is 0 Å². The topological polar surface area (TPSA) is 35.0 Å². The van der Waals surface area contributed by atoms with Crippen LogP contribution in [0.3, 0.4) is 0 Å². The maximum absolute atomic E-state index is 5.56. The van der Waals surface area contributed by atoms with Gasteiger partial charge in [0.15, 0.2) is 5.82 Å². The highest BCUT2D eigenvalue weighted by molar-refractivity contribution is 9.11. The molecule has 0 saturated carbocycles. The van der Waals surface area contributed by atoms with Gasteiger partial charge in [0.1, 0.15) is 14.8 Å². The molecule has 0 aliphatic carbocycles. The van der Waals surface area contributed by atoms with Crippen molar-refractivity contribution in [2.24, 2.45) is 0 Å². The molecular formula is C9H12Br2N2O. The van der Waals surface area contributed by atoms with E-state index in [0.717, 1.165) is 9.21 Å². The van der Waals surface area contributed by atoms with Crippen molar-refractivity contribution in [3.8, 4) is 0 Å². The quantitative estimate of drug-likeness (QED) is 0.801. The summed E-state index contributed by atoms with van der Waals surface area (Å²) in [4.78, 5) is 8.55. The second-order valence-electron chi connectivity index (χ2n) is 3.28. The molecule has 0 saturated heterocycles. The summed E-state index contributed by atoms with van der Waals surface area (Å²) in [5, 5.41) is 0. The molecule has 0 aliphatic heterocycles. The molecule has 1 aromatic heterocycles. The van der Waals surface area contributed by atoms with Crippen LogP contribution in [0.2, 0.25) is 0 Å². The van der Waals surface area contributed by atoms with Gasteiger partial charge in [0.25, 0.3) is 0 Å². The van der Waals surface area contributed by atoms with Gasteiger partial charge in [-0.15, -0.1) is 0 Å². The minimum atomic E-state index is -0.457. The molecule has 78 valence electrons. The number of rotatable bonds is 3. The molecule has 1 heterocycles. The average molecular weight is 324 g/mol. The van der Waals surface area contributed by atoms with Crippen molar-refractivity contribution in [1.29, 1.82) is 0 Å². The first-order chi connectivity index (χ1) is 6.45. The number of hydrogen-bond donors (Lipinski definition) is 0. The molecule has 0 radical (unpaired) electrons. The smallest absolute Gasteiger partial charge is 0.162 e. The zero-order chi connectivity index (χ0) is 10.8. The van der Waals surface area contributed by atoms with Gasteiger partial charge in [-0.3, -0.25) is 0 Å². The first-order valence-electron chi connectivity index (χ1n) is 4.30. The summed E-state index contributed by atoms with van der Waals surface area (Å²) in [6.07, 6.45) is 0. The lowest BCUT2D eigenvalue weighted by atomic mass is 10.1. The lowest BCUT2D eigenvalue weighted by Crippen LogP contribution is -2.24. The highest BCUT2D eigenvalue weighted by Crippen LogP contribution is 2.24. The monoisotopic (exact) mass is 322 g/mol. The number of halogens is 2. The summed E-state index contributed by atoms with van der Waals surface area (Å²) >= 11 is 6.64. The van der Waals surface area contributed by atoms with Crippen molar-refractivity contribution in [2.45, 2.75) is 26.4 Å². The summed E-state index contributed by atoms with van der Waals surface area (Å²) in [5.41, 5.74) is -0.457. The third kappa shape index (κ3) is 3.00. The van der Waals surface area contributed by atoms with E-state index in [1.165, 1.54) is 0 Å². The third-order valence-corrected chi connectivity index (χ3v) is 2.52. The van der Waals surface area contributed by atoms with Gasteiger partial charge in [0.05, 0.1) is 0 Å².